The van der Waals surface area contributed by atoms with Gasteiger partial charge in [0.1, 0.15) is 4.47 Å². The van der Waals surface area contributed by atoms with E-state index >= 15 is 0 Å². The smallest absolute Gasteiger partial charge is 0.282 e. The molecular formula is C10H15BrN4O2. The zero-order valence-electron chi connectivity index (χ0n) is 9.79. The molecule has 1 aromatic rings. The van der Waals surface area contributed by atoms with Crippen LogP contribution in [0, 0.1) is 0 Å². The number of hydrogen-bond donors (Lipinski definition) is 2. The highest BCUT2D eigenvalue weighted by atomic mass is 79.9. The molecule has 0 bridgehead atoms. The van der Waals surface area contributed by atoms with Gasteiger partial charge in [-0.2, -0.15) is 5.10 Å². The molecule has 6 nitrogen and oxygen atoms in total. The molecule has 1 rings (SSSR count). The maximum absolute atomic E-state index is 11.5. The van der Waals surface area contributed by atoms with E-state index in [1.165, 1.54) is 4.68 Å². The van der Waals surface area contributed by atoms with Crippen LogP contribution in [0.2, 0.25) is 0 Å². The standard InChI is InChI=1S/C10H15BrN4O2/c1-3-12-8(16)4-5-13-7-6-14-15(2)10(17)9(7)11/h6,13H,3-5H2,1-2H3,(H,12,16). The average molecular weight is 303 g/mol. The number of carbonyl (C=O) groups excluding carboxylic acids is 1. The van der Waals surface area contributed by atoms with E-state index in [1.54, 1.807) is 13.2 Å². The summed E-state index contributed by atoms with van der Waals surface area (Å²) in [5, 5.41) is 9.57. The summed E-state index contributed by atoms with van der Waals surface area (Å²) in [4.78, 5) is 22.7. The van der Waals surface area contributed by atoms with Crippen LogP contribution in [-0.2, 0) is 11.8 Å². The lowest BCUT2D eigenvalue weighted by Gasteiger charge is -2.08. The van der Waals surface area contributed by atoms with Gasteiger partial charge < -0.3 is 10.6 Å². The lowest BCUT2D eigenvalue weighted by Crippen LogP contribution is -2.25. The van der Waals surface area contributed by atoms with Crippen LogP contribution in [0.4, 0.5) is 5.69 Å². The van der Waals surface area contributed by atoms with Gasteiger partial charge in [0.25, 0.3) is 5.56 Å². The summed E-state index contributed by atoms with van der Waals surface area (Å²) in [6.45, 7) is 2.95. The Kier molecular flexibility index (Phi) is 5.14. The Morgan fingerprint density at radius 2 is 2.29 bits per heavy atom. The summed E-state index contributed by atoms with van der Waals surface area (Å²) in [5.74, 6) is -0.0204. The van der Waals surface area contributed by atoms with Gasteiger partial charge in [-0.15, -0.1) is 0 Å². The van der Waals surface area contributed by atoms with Crippen molar-refractivity contribution in [2.75, 3.05) is 18.4 Å². The number of aryl methyl sites for hydroxylation is 1. The van der Waals surface area contributed by atoms with Gasteiger partial charge in [-0.25, -0.2) is 4.68 Å². The molecule has 0 unspecified atom stereocenters. The van der Waals surface area contributed by atoms with Crippen molar-refractivity contribution in [3.8, 4) is 0 Å². The van der Waals surface area contributed by atoms with E-state index in [-0.39, 0.29) is 11.5 Å². The van der Waals surface area contributed by atoms with Crippen LogP contribution in [0.1, 0.15) is 13.3 Å². The van der Waals surface area contributed by atoms with Crippen molar-refractivity contribution >= 4 is 27.5 Å². The minimum atomic E-state index is -0.215. The first kappa shape index (κ1) is 13.7. The molecule has 0 saturated carbocycles. The molecule has 0 fully saturated rings. The van der Waals surface area contributed by atoms with Crippen molar-refractivity contribution in [1.29, 1.82) is 0 Å². The lowest BCUT2D eigenvalue weighted by atomic mass is 10.3. The fourth-order valence-corrected chi connectivity index (χ4v) is 1.73. The zero-order chi connectivity index (χ0) is 12.8. The Hall–Kier alpha value is -1.37. The van der Waals surface area contributed by atoms with Crippen molar-refractivity contribution in [3.63, 3.8) is 0 Å². The Balaban J connectivity index is 2.56. The predicted octanol–water partition coefficient (Wildman–Crippen LogP) is 0.481. The zero-order valence-corrected chi connectivity index (χ0v) is 11.4. The van der Waals surface area contributed by atoms with Crippen LogP contribution in [0.5, 0.6) is 0 Å². The third-order valence-corrected chi connectivity index (χ3v) is 2.89. The molecular weight excluding hydrogens is 288 g/mol. The van der Waals surface area contributed by atoms with Crippen molar-refractivity contribution in [2.24, 2.45) is 7.05 Å². The Morgan fingerprint density at radius 1 is 1.59 bits per heavy atom. The van der Waals surface area contributed by atoms with Gasteiger partial charge in [0.15, 0.2) is 0 Å². The van der Waals surface area contributed by atoms with E-state index in [0.29, 0.717) is 29.7 Å². The van der Waals surface area contributed by atoms with Crippen LogP contribution in [-0.4, -0.2) is 28.8 Å². The molecule has 1 heterocycles. The van der Waals surface area contributed by atoms with Crippen molar-refractivity contribution in [2.45, 2.75) is 13.3 Å². The number of nitrogens with one attached hydrogen (secondary N) is 2. The van der Waals surface area contributed by atoms with Crippen LogP contribution >= 0.6 is 15.9 Å². The van der Waals surface area contributed by atoms with Gasteiger partial charge in [-0.3, -0.25) is 9.59 Å². The number of halogens is 1. The Bertz CT molecular complexity index is 458. The SMILES string of the molecule is CCNC(=O)CCNc1cnn(C)c(=O)c1Br. The number of amides is 1. The fourth-order valence-electron chi connectivity index (χ4n) is 1.23. The Labute approximate surface area is 108 Å². The minimum Gasteiger partial charge on any atom is -0.382 e. The highest BCUT2D eigenvalue weighted by Crippen LogP contribution is 2.15. The van der Waals surface area contributed by atoms with Gasteiger partial charge in [-0.05, 0) is 22.9 Å². The van der Waals surface area contributed by atoms with Gasteiger partial charge in [-0.1, -0.05) is 0 Å². The summed E-state index contributed by atoms with van der Waals surface area (Å²) in [5.41, 5.74) is 0.380. The monoisotopic (exact) mass is 302 g/mol. The topological polar surface area (TPSA) is 76.0 Å². The molecule has 2 N–H and O–H groups in total. The van der Waals surface area contributed by atoms with E-state index in [4.69, 9.17) is 0 Å². The summed E-state index contributed by atoms with van der Waals surface area (Å²) in [6, 6.07) is 0. The molecule has 1 aromatic heterocycles. The maximum atomic E-state index is 11.5. The molecule has 94 valence electrons. The van der Waals surface area contributed by atoms with Crippen LogP contribution in [0.3, 0.4) is 0 Å². The van der Waals surface area contributed by atoms with Crippen LogP contribution in [0.15, 0.2) is 15.5 Å². The van der Waals surface area contributed by atoms with Crippen LogP contribution in [0.25, 0.3) is 0 Å². The quantitative estimate of drug-likeness (QED) is 0.829. The first-order chi connectivity index (χ1) is 8.06. The molecule has 0 aliphatic carbocycles. The van der Waals surface area contributed by atoms with E-state index in [2.05, 4.69) is 31.7 Å². The summed E-state index contributed by atoms with van der Waals surface area (Å²) < 4.78 is 1.66. The number of aromatic nitrogens is 2. The third-order valence-electron chi connectivity index (χ3n) is 2.12. The molecule has 0 aliphatic rings. The minimum absolute atomic E-state index is 0.0204. The van der Waals surface area contributed by atoms with Crippen molar-refractivity contribution < 1.29 is 4.79 Å². The number of anilines is 1. The van der Waals surface area contributed by atoms with E-state index in [1.807, 2.05) is 6.92 Å². The highest BCUT2D eigenvalue weighted by molar-refractivity contribution is 9.10. The van der Waals surface area contributed by atoms with Gasteiger partial charge in [0.2, 0.25) is 5.91 Å². The number of nitrogens with zero attached hydrogens (tertiary/aromatic N) is 2. The van der Waals surface area contributed by atoms with E-state index < -0.39 is 0 Å². The maximum Gasteiger partial charge on any atom is 0.282 e. The van der Waals surface area contributed by atoms with Crippen molar-refractivity contribution in [1.82, 2.24) is 15.1 Å². The molecule has 17 heavy (non-hydrogen) atoms. The average Bonchev–Trinajstić information content (AvgIpc) is 2.29. The molecule has 0 aliphatic heterocycles. The normalized spacial score (nSPS) is 10.1. The van der Waals surface area contributed by atoms with Gasteiger partial charge in [0, 0.05) is 26.6 Å². The first-order valence-corrected chi connectivity index (χ1v) is 6.08. The molecule has 0 atom stereocenters. The molecule has 1 amide bonds. The fraction of sp³-hybridized carbons (Fsp3) is 0.500. The summed E-state index contributed by atoms with van der Waals surface area (Å²) >= 11 is 3.19. The number of rotatable bonds is 5. The molecule has 0 radical (unpaired) electrons. The molecule has 7 heteroatoms. The van der Waals surface area contributed by atoms with E-state index in [9.17, 15) is 9.59 Å². The lowest BCUT2D eigenvalue weighted by molar-refractivity contribution is -0.120. The van der Waals surface area contributed by atoms with E-state index in [0.717, 1.165) is 0 Å². The first-order valence-electron chi connectivity index (χ1n) is 5.28. The number of hydrogen-bond acceptors (Lipinski definition) is 4. The second kappa shape index (κ2) is 6.39. The molecule has 0 saturated heterocycles. The van der Waals surface area contributed by atoms with Crippen molar-refractivity contribution in [3.05, 3.63) is 21.0 Å². The molecule has 0 aromatic carbocycles. The second-order valence-corrected chi connectivity index (χ2v) is 4.22. The van der Waals surface area contributed by atoms with Crippen LogP contribution < -0.4 is 16.2 Å². The third kappa shape index (κ3) is 3.85. The van der Waals surface area contributed by atoms with Gasteiger partial charge >= 0.3 is 0 Å². The summed E-state index contributed by atoms with van der Waals surface area (Å²) in [7, 11) is 1.57. The second-order valence-electron chi connectivity index (χ2n) is 3.43. The summed E-state index contributed by atoms with van der Waals surface area (Å²) in [6.07, 6.45) is 1.90. The Morgan fingerprint density at radius 3 is 2.94 bits per heavy atom. The molecule has 0 spiro atoms. The number of carbonyl (C=O) groups is 1. The highest BCUT2D eigenvalue weighted by Gasteiger charge is 2.06. The predicted molar refractivity (Wildman–Crippen MR) is 69.0 cm³/mol. The largest absolute Gasteiger partial charge is 0.382 e. The van der Waals surface area contributed by atoms with Gasteiger partial charge in [0.05, 0.1) is 11.9 Å².